The van der Waals surface area contributed by atoms with Crippen molar-refractivity contribution in [1.29, 1.82) is 0 Å². The van der Waals surface area contributed by atoms with Gasteiger partial charge in [0.25, 0.3) is 0 Å². The quantitative estimate of drug-likeness (QED) is 0.839. The first-order valence-corrected chi connectivity index (χ1v) is 8.44. The second kappa shape index (κ2) is 8.62. The molecule has 0 radical (unpaired) electrons. The SMILES string of the molecule is CCCOc1ccc(Cl)cc1CCN1CCC[C@@H](CN)C1. The molecule has 1 atom stereocenters. The number of nitrogens with zero attached hydrogens (tertiary/aromatic N) is 1. The molecule has 4 heteroatoms. The molecule has 0 aromatic heterocycles. The fourth-order valence-corrected chi connectivity index (χ4v) is 3.12. The molecule has 0 bridgehead atoms. The molecule has 2 N–H and O–H groups in total. The largest absolute Gasteiger partial charge is 0.493 e. The molecule has 0 amide bonds. The van der Waals surface area contributed by atoms with E-state index in [2.05, 4.69) is 11.8 Å². The topological polar surface area (TPSA) is 38.5 Å². The predicted octanol–water partition coefficient (Wildman–Crippen LogP) is 3.34. The van der Waals surface area contributed by atoms with Crippen LogP contribution in [0, 0.1) is 5.92 Å². The van der Waals surface area contributed by atoms with Gasteiger partial charge in [-0.2, -0.15) is 0 Å². The third-order valence-electron chi connectivity index (χ3n) is 4.12. The monoisotopic (exact) mass is 310 g/mol. The van der Waals surface area contributed by atoms with E-state index in [0.29, 0.717) is 5.92 Å². The highest BCUT2D eigenvalue weighted by molar-refractivity contribution is 6.30. The van der Waals surface area contributed by atoms with Gasteiger partial charge in [-0.05, 0) is 68.5 Å². The van der Waals surface area contributed by atoms with E-state index in [4.69, 9.17) is 22.1 Å². The number of hydrogen-bond donors (Lipinski definition) is 1. The van der Waals surface area contributed by atoms with Gasteiger partial charge in [-0.3, -0.25) is 0 Å². The molecule has 1 aromatic rings. The van der Waals surface area contributed by atoms with Crippen molar-refractivity contribution in [2.75, 3.05) is 32.8 Å². The third-order valence-corrected chi connectivity index (χ3v) is 4.35. The lowest BCUT2D eigenvalue weighted by Gasteiger charge is -2.32. The zero-order valence-corrected chi connectivity index (χ0v) is 13.7. The number of likely N-dealkylation sites (tertiary alicyclic amines) is 1. The summed E-state index contributed by atoms with van der Waals surface area (Å²) >= 11 is 6.13. The molecule has 1 fully saturated rings. The molecule has 118 valence electrons. The van der Waals surface area contributed by atoms with Crippen molar-refractivity contribution in [3.8, 4) is 5.75 Å². The number of ether oxygens (including phenoxy) is 1. The smallest absolute Gasteiger partial charge is 0.122 e. The van der Waals surface area contributed by atoms with Gasteiger partial charge in [0, 0.05) is 18.1 Å². The minimum Gasteiger partial charge on any atom is -0.493 e. The number of hydrogen-bond acceptors (Lipinski definition) is 3. The Kier molecular flexibility index (Phi) is 6.81. The Hall–Kier alpha value is -0.770. The second-order valence-corrected chi connectivity index (χ2v) is 6.33. The highest BCUT2D eigenvalue weighted by Crippen LogP contribution is 2.24. The van der Waals surface area contributed by atoms with E-state index in [1.807, 2.05) is 18.2 Å². The third kappa shape index (κ3) is 5.17. The van der Waals surface area contributed by atoms with Crippen molar-refractivity contribution in [2.24, 2.45) is 11.7 Å². The van der Waals surface area contributed by atoms with Gasteiger partial charge in [-0.1, -0.05) is 18.5 Å². The van der Waals surface area contributed by atoms with E-state index in [1.54, 1.807) is 0 Å². The molecule has 0 spiro atoms. The van der Waals surface area contributed by atoms with Crippen LogP contribution < -0.4 is 10.5 Å². The summed E-state index contributed by atoms with van der Waals surface area (Å²) in [7, 11) is 0. The van der Waals surface area contributed by atoms with Gasteiger partial charge in [0.2, 0.25) is 0 Å². The van der Waals surface area contributed by atoms with Crippen LogP contribution in [0.15, 0.2) is 18.2 Å². The first-order chi connectivity index (χ1) is 10.2. The lowest BCUT2D eigenvalue weighted by Crippen LogP contribution is -2.39. The van der Waals surface area contributed by atoms with Crippen LogP contribution >= 0.6 is 11.6 Å². The van der Waals surface area contributed by atoms with E-state index in [0.717, 1.165) is 49.9 Å². The molecule has 1 heterocycles. The maximum Gasteiger partial charge on any atom is 0.122 e. The van der Waals surface area contributed by atoms with Crippen LogP contribution in [-0.2, 0) is 6.42 Å². The molecule has 1 saturated heterocycles. The van der Waals surface area contributed by atoms with E-state index in [9.17, 15) is 0 Å². The summed E-state index contributed by atoms with van der Waals surface area (Å²) in [5.74, 6) is 1.64. The van der Waals surface area contributed by atoms with Crippen LogP contribution in [0.1, 0.15) is 31.7 Å². The van der Waals surface area contributed by atoms with Crippen molar-refractivity contribution in [1.82, 2.24) is 4.90 Å². The van der Waals surface area contributed by atoms with Crippen molar-refractivity contribution >= 4 is 11.6 Å². The lowest BCUT2D eigenvalue weighted by molar-refractivity contribution is 0.179. The molecule has 2 rings (SSSR count). The first kappa shape index (κ1) is 16.6. The molecule has 0 unspecified atom stereocenters. The standard InChI is InChI=1S/C17H27ClN2O/c1-2-10-21-17-6-5-16(18)11-15(17)7-9-20-8-3-4-14(12-19)13-20/h5-6,11,14H,2-4,7-10,12-13,19H2,1H3/t14-/m0/s1. The summed E-state index contributed by atoms with van der Waals surface area (Å²) in [6.45, 7) is 7.05. The first-order valence-electron chi connectivity index (χ1n) is 8.06. The molecule has 1 aliphatic rings. The number of halogens is 1. The van der Waals surface area contributed by atoms with Crippen molar-refractivity contribution in [2.45, 2.75) is 32.6 Å². The van der Waals surface area contributed by atoms with Gasteiger partial charge in [-0.15, -0.1) is 0 Å². The number of benzene rings is 1. The Labute approximate surface area is 133 Å². The van der Waals surface area contributed by atoms with Crippen LogP contribution in [-0.4, -0.2) is 37.7 Å². The molecule has 1 aliphatic heterocycles. The van der Waals surface area contributed by atoms with E-state index < -0.39 is 0 Å². The summed E-state index contributed by atoms with van der Waals surface area (Å²) in [6, 6.07) is 5.94. The zero-order chi connectivity index (χ0) is 15.1. The van der Waals surface area contributed by atoms with E-state index in [1.165, 1.54) is 24.9 Å². The fourth-order valence-electron chi connectivity index (χ4n) is 2.92. The van der Waals surface area contributed by atoms with Gasteiger partial charge < -0.3 is 15.4 Å². The summed E-state index contributed by atoms with van der Waals surface area (Å²) in [6.07, 6.45) is 4.54. The average Bonchev–Trinajstić information content (AvgIpc) is 2.52. The van der Waals surface area contributed by atoms with Gasteiger partial charge in [0.15, 0.2) is 0 Å². The molecule has 21 heavy (non-hydrogen) atoms. The Morgan fingerprint density at radius 1 is 1.43 bits per heavy atom. The van der Waals surface area contributed by atoms with Gasteiger partial charge in [-0.25, -0.2) is 0 Å². The van der Waals surface area contributed by atoms with E-state index >= 15 is 0 Å². The van der Waals surface area contributed by atoms with Crippen molar-refractivity contribution < 1.29 is 4.74 Å². The maximum absolute atomic E-state index is 6.13. The summed E-state index contributed by atoms with van der Waals surface area (Å²) in [5, 5.41) is 0.785. The van der Waals surface area contributed by atoms with Gasteiger partial charge in [0.05, 0.1) is 6.61 Å². The van der Waals surface area contributed by atoms with Crippen LogP contribution in [0.25, 0.3) is 0 Å². The summed E-state index contributed by atoms with van der Waals surface area (Å²) < 4.78 is 5.83. The normalized spacial score (nSPS) is 19.7. The van der Waals surface area contributed by atoms with Crippen molar-refractivity contribution in [3.05, 3.63) is 28.8 Å². The van der Waals surface area contributed by atoms with Crippen LogP contribution in [0.3, 0.4) is 0 Å². The highest BCUT2D eigenvalue weighted by Gasteiger charge is 2.18. The molecule has 0 aliphatic carbocycles. The van der Waals surface area contributed by atoms with Gasteiger partial charge in [0.1, 0.15) is 5.75 Å². The Balaban J connectivity index is 1.93. The molecule has 3 nitrogen and oxygen atoms in total. The fraction of sp³-hybridized carbons (Fsp3) is 0.647. The summed E-state index contributed by atoms with van der Waals surface area (Å²) in [4.78, 5) is 2.52. The number of rotatable bonds is 7. The Morgan fingerprint density at radius 3 is 3.05 bits per heavy atom. The zero-order valence-electron chi connectivity index (χ0n) is 13.0. The average molecular weight is 311 g/mol. The van der Waals surface area contributed by atoms with Crippen LogP contribution in [0.5, 0.6) is 5.75 Å². The van der Waals surface area contributed by atoms with Gasteiger partial charge >= 0.3 is 0 Å². The molecular weight excluding hydrogens is 284 g/mol. The Bertz CT molecular complexity index is 439. The number of piperidine rings is 1. The maximum atomic E-state index is 6.13. The van der Waals surface area contributed by atoms with E-state index in [-0.39, 0.29) is 0 Å². The minimum absolute atomic E-state index is 0.661. The second-order valence-electron chi connectivity index (χ2n) is 5.90. The Morgan fingerprint density at radius 2 is 2.29 bits per heavy atom. The number of nitrogens with two attached hydrogens (primary N) is 1. The predicted molar refractivity (Wildman–Crippen MR) is 89.2 cm³/mol. The van der Waals surface area contributed by atoms with Crippen LogP contribution in [0.2, 0.25) is 5.02 Å². The molecule has 1 aromatic carbocycles. The lowest BCUT2D eigenvalue weighted by atomic mass is 9.98. The minimum atomic E-state index is 0.661. The van der Waals surface area contributed by atoms with Crippen molar-refractivity contribution in [3.63, 3.8) is 0 Å². The van der Waals surface area contributed by atoms with Crippen LogP contribution in [0.4, 0.5) is 0 Å². The highest BCUT2D eigenvalue weighted by atomic mass is 35.5. The molecule has 0 saturated carbocycles. The summed E-state index contributed by atoms with van der Waals surface area (Å²) in [5.41, 5.74) is 7.02. The molecular formula is C17H27ClN2O.